The number of hydrogen-bond donors (Lipinski definition) is 1. The Morgan fingerprint density at radius 3 is 3.07 bits per heavy atom. The number of fused-ring (bicyclic) bond motifs is 1. The van der Waals surface area contributed by atoms with Crippen LogP contribution < -0.4 is 0 Å². The topological polar surface area (TPSA) is 45.8 Å². The molecule has 14 heavy (non-hydrogen) atoms. The summed E-state index contributed by atoms with van der Waals surface area (Å²) in [5.41, 5.74) is 2.87. The van der Waals surface area contributed by atoms with Crippen LogP contribution in [0, 0.1) is 6.92 Å². The quantitative estimate of drug-likeness (QED) is 0.835. The molecule has 4 heteroatoms. The third-order valence-electron chi connectivity index (χ3n) is 2.04. The zero-order valence-electron chi connectivity index (χ0n) is 7.67. The molecule has 72 valence electrons. The van der Waals surface area contributed by atoms with Gasteiger partial charge in [-0.3, -0.25) is 0 Å². The first-order chi connectivity index (χ1) is 6.70. The lowest BCUT2D eigenvalue weighted by Crippen LogP contribution is -1.86. The second kappa shape index (κ2) is 3.53. The summed E-state index contributed by atoms with van der Waals surface area (Å²) in [6, 6.07) is 3.88. The first-order valence-electron chi connectivity index (χ1n) is 4.29. The molecule has 0 spiro atoms. The van der Waals surface area contributed by atoms with E-state index in [4.69, 9.17) is 0 Å². The van der Waals surface area contributed by atoms with Gasteiger partial charge in [0.25, 0.3) is 0 Å². The van der Waals surface area contributed by atoms with Crippen molar-refractivity contribution in [1.82, 2.24) is 9.97 Å². The maximum Gasteiger partial charge on any atom is 0.124 e. The Bertz CT molecular complexity index is 490. The van der Waals surface area contributed by atoms with E-state index in [1.807, 2.05) is 19.1 Å². The van der Waals surface area contributed by atoms with E-state index in [-0.39, 0.29) is 0 Å². The van der Waals surface area contributed by atoms with E-state index in [1.54, 1.807) is 0 Å². The van der Waals surface area contributed by atoms with Crippen LogP contribution >= 0.6 is 15.9 Å². The standard InChI is InChI=1S/C10H9BrN2O/c1-6-12-9-5-7(2-3-14)4-8(11)10(9)13-6/h3-5H,2H2,1H3,(H,12,13). The number of aromatic nitrogens is 2. The lowest BCUT2D eigenvalue weighted by Gasteiger charge is -1.97. The Balaban J connectivity index is 2.64. The summed E-state index contributed by atoms with van der Waals surface area (Å²) < 4.78 is 0.927. The summed E-state index contributed by atoms with van der Waals surface area (Å²) in [5, 5.41) is 0. The Hall–Kier alpha value is -1.16. The lowest BCUT2D eigenvalue weighted by atomic mass is 10.1. The van der Waals surface area contributed by atoms with Crippen molar-refractivity contribution in [3.8, 4) is 0 Å². The smallest absolute Gasteiger partial charge is 0.124 e. The Morgan fingerprint density at radius 1 is 1.57 bits per heavy atom. The number of aldehydes is 1. The third kappa shape index (κ3) is 1.57. The third-order valence-corrected chi connectivity index (χ3v) is 2.64. The predicted molar refractivity (Wildman–Crippen MR) is 58.3 cm³/mol. The molecule has 0 bridgehead atoms. The van der Waals surface area contributed by atoms with Crippen molar-refractivity contribution in [3.05, 3.63) is 28.0 Å². The van der Waals surface area contributed by atoms with Gasteiger partial charge >= 0.3 is 0 Å². The van der Waals surface area contributed by atoms with Gasteiger partial charge in [-0.25, -0.2) is 4.98 Å². The van der Waals surface area contributed by atoms with Crippen molar-refractivity contribution in [3.63, 3.8) is 0 Å². The molecule has 1 N–H and O–H groups in total. The molecule has 0 aliphatic rings. The van der Waals surface area contributed by atoms with Crippen molar-refractivity contribution >= 4 is 33.2 Å². The Morgan fingerprint density at radius 2 is 2.36 bits per heavy atom. The van der Waals surface area contributed by atoms with Crippen LogP contribution in [0.25, 0.3) is 11.0 Å². The van der Waals surface area contributed by atoms with Gasteiger partial charge in [0.05, 0.1) is 5.52 Å². The van der Waals surface area contributed by atoms with Gasteiger partial charge in [-0.1, -0.05) is 0 Å². The van der Waals surface area contributed by atoms with Crippen molar-refractivity contribution < 1.29 is 4.79 Å². The van der Waals surface area contributed by atoms with Gasteiger partial charge in [0, 0.05) is 10.9 Å². The van der Waals surface area contributed by atoms with Crippen LogP contribution in [-0.4, -0.2) is 16.3 Å². The van der Waals surface area contributed by atoms with Crippen molar-refractivity contribution in [2.75, 3.05) is 0 Å². The normalized spacial score (nSPS) is 10.7. The maximum absolute atomic E-state index is 10.4. The Labute approximate surface area is 89.7 Å². The minimum absolute atomic E-state index is 0.437. The highest BCUT2D eigenvalue weighted by Gasteiger charge is 2.05. The number of carbonyl (C=O) groups is 1. The highest BCUT2D eigenvalue weighted by molar-refractivity contribution is 9.10. The largest absolute Gasteiger partial charge is 0.342 e. The number of carbonyl (C=O) groups excluding carboxylic acids is 1. The second-order valence-corrected chi connectivity index (χ2v) is 4.02. The van der Waals surface area contributed by atoms with Crippen molar-refractivity contribution in [2.45, 2.75) is 13.3 Å². The minimum atomic E-state index is 0.437. The summed E-state index contributed by atoms with van der Waals surface area (Å²) in [7, 11) is 0. The average molecular weight is 253 g/mol. The summed E-state index contributed by atoms with van der Waals surface area (Å²) >= 11 is 3.43. The van der Waals surface area contributed by atoms with E-state index in [9.17, 15) is 4.79 Å². The number of imidazole rings is 1. The molecule has 0 atom stereocenters. The Kier molecular flexibility index (Phi) is 2.37. The number of nitrogens with zero attached hydrogens (tertiary/aromatic N) is 1. The van der Waals surface area contributed by atoms with Gasteiger partial charge in [-0.15, -0.1) is 0 Å². The van der Waals surface area contributed by atoms with Gasteiger partial charge in [-0.2, -0.15) is 0 Å². The van der Waals surface area contributed by atoms with E-state index in [0.717, 1.165) is 33.2 Å². The molecular formula is C10H9BrN2O. The molecule has 1 aromatic heterocycles. The molecule has 0 unspecified atom stereocenters. The highest BCUT2D eigenvalue weighted by Crippen LogP contribution is 2.23. The number of halogens is 1. The number of H-pyrrole nitrogens is 1. The van der Waals surface area contributed by atoms with Crippen LogP contribution in [0.1, 0.15) is 11.4 Å². The molecule has 0 amide bonds. The van der Waals surface area contributed by atoms with Crippen LogP contribution in [-0.2, 0) is 11.2 Å². The van der Waals surface area contributed by atoms with Crippen molar-refractivity contribution in [2.24, 2.45) is 0 Å². The van der Waals surface area contributed by atoms with E-state index < -0.39 is 0 Å². The molecule has 3 nitrogen and oxygen atoms in total. The van der Waals surface area contributed by atoms with Gasteiger partial charge in [-0.05, 0) is 40.5 Å². The van der Waals surface area contributed by atoms with Crippen LogP contribution in [0.2, 0.25) is 0 Å². The molecule has 0 saturated carbocycles. The molecule has 0 aliphatic heterocycles. The maximum atomic E-state index is 10.4. The summed E-state index contributed by atoms with van der Waals surface area (Å²) in [6.07, 6.45) is 1.34. The van der Waals surface area contributed by atoms with Crippen LogP contribution in [0.4, 0.5) is 0 Å². The number of aromatic amines is 1. The molecule has 2 rings (SSSR count). The average Bonchev–Trinajstić information content (AvgIpc) is 2.47. The van der Waals surface area contributed by atoms with E-state index >= 15 is 0 Å². The number of aryl methyl sites for hydroxylation is 1. The number of rotatable bonds is 2. The lowest BCUT2D eigenvalue weighted by molar-refractivity contribution is -0.107. The van der Waals surface area contributed by atoms with Gasteiger partial charge in [0.1, 0.15) is 17.6 Å². The van der Waals surface area contributed by atoms with Crippen LogP contribution in [0.3, 0.4) is 0 Å². The van der Waals surface area contributed by atoms with E-state index in [0.29, 0.717) is 6.42 Å². The molecule has 1 heterocycles. The van der Waals surface area contributed by atoms with Gasteiger partial charge < -0.3 is 9.78 Å². The van der Waals surface area contributed by atoms with Gasteiger partial charge in [0.15, 0.2) is 0 Å². The molecule has 0 fully saturated rings. The molecule has 2 aromatic rings. The summed E-state index contributed by atoms with van der Waals surface area (Å²) in [4.78, 5) is 17.8. The zero-order chi connectivity index (χ0) is 10.1. The zero-order valence-corrected chi connectivity index (χ0v) is 9.26. The predicted octanol–water partition coefficient (Wildman–Crippen LogP) is 2.38. The fourth-order valence-corrected chi connectivity index (χ4v) is 2.07. The fraction of sp³-hybridized carbons (Fsp3) is 0.200. The molecule has 1 aromatic carbocycles. The second-order valence-electron chi connectivity index (χ2n) is 3.17. The molecule has 0 aliphatic carbocycles. The summed E-state index contributed by atoms with van der Waals surface area (Å²) in [5.74, 6) is 0.879. The SMILES string of the molecule is Cc1nc2c(Br)cc(CC=O)cc2[nH]1. The van der Waals surface area contributed by atoms with Crippen LogP contribution in [0.15, 0.2) is 16.6 Å². The fourth-order valence-electron chi connectivity index (χ4n) is 1.47. The molecular weight excluding hydrogens is 244 g/mol. The first-order valence-corrected chi connectivity index (χ1v) is 5.08. The monoisotopic (exact) mass is 252 g/mol. The van der Waals surface area contributed by atoms with E-state index in [1.165, 1.54) is 0 Å². The van der Waals surface area contributed by atoms with Gasteiger partial charge in [0.2, 0.25) is 0 Å². The number of hydrogen-bond acceptors (Lipinski definition) is 2. The van der Waals surface area contributed by atoms with Crippen LogP contribution in [0.5, 0.6) is 0 Å². The molecule has 0 saturated heterocycles. The highest BCUT2D eigenvalue weighted by atomic mass is 79.9. The number of nitrogens with one attached hydrogen (secondary N) is 1. The number of benzene rings is 1. The molecule has 0 radical (unpaired) electrons. The summed E-state index contributed by atoms with van der Waals surface area (Å²) in [6.45, 7) is 1.91. The van der Waals surface area contributed by atoms with Crippen molar-refractivity contribution in [1.29, 1.82) is 0 Å². The van der Waals surface area contributed by atoms with E-state index in [2.05, 4.69) is 25.9 Å². The first kappa shape index (κ1) is 9.40. The minimum Gasteiger partial charge on any atom is -0.342 e.